The van der Waals surface area contributed by atoms with E-state index >= 15 is 0 Å². The van der Waals surface area contributed by atoms with Crippen molar-refractivity contribution in [3.05, 3.63) is 0 Å². The van der Waals surface area contributed by atoms with E-state index in [1.165, 1.54) is 14.2 Å². The van der Waals surface area contributed by atoms with Gasteiger partial charge >= 0.3 is 12.0 Å². The minimum atomic E-state index is 0.251. The first kappa shape index (κ1) is 14.5. The number of hydrogen-bond acceptors (Lipinski definition) is 6. The van der Waals surface area contributed by atoms with Gasteiger partial charge in [-0.25, -0.2) is 0 Å². The first-order valence-corrected chi connectivity index (χ1v) is 6.25. The Balaban J connectivity index is 2.82. The van der Waals surface area contributed by atoms with Crippen LogP contribution in [-0.4, -0.2) is 35.2 Å². The maximum atomic E-state index is 5.01. The normalized spacial score (nSPS) is 12.3. The molecule has 0 aliphatic rings. The molecule has 1 aromatic heterocycles. The average Bonchev–Trinajstić information content (AvgIpc) is 2.39. The van der Waals surface area contributed by atoms with Crippen LogP contribution in [0.15, 0.2) is 0 Å². The summed E-state index contributed by atoms with van der Waals surface area (Å²) < 4.78 is 10.0. The van der Waals surface area contributed by atoms with Gasteiger partial charge in [0, 0.05) is 6.04 Å². The fourth-order valence-electron chi connectivity index (χ4n) is 1.90. The number of anilines is 1. The summed E-state index contributed by atoms with van der Waals surface area (Å²) in [6.07, 6.45) is 2.23. The third kappa shape index (κ3) is 3.72. The molecule has 0 aliphatic heterocycles. The highest BCUT2D eigenvalue weighted by Crippen LogP contribution is 2.18. The molecule has 1 unspecified atom stereocenters. The molecule has 18 heavy (non-hydrogen) atoms. The second kappa shape index (κ2) is 6.98. The molecule has 1 aromatic rings. The molecule has 0 bridgehead atoms. The molecular weight excluding hydrogens is 232 g/mol. The average molecular weight is 254 g/mol. The SMILES string of the molecule is CCC(CC)C(C)Nc1nc(OC)nc(OC)n1. The summed E-state index contributed by atoms with van der Waals surface area (Å²) in [5.41, 5.74) is 0. The Bertz CT molecular complexity index is 347. The van der Waals surface area contributed by atoms with Gasteiger partial charge in [0.15, 0.2) is 0 Å². The predicted molar refractivity (Wildman–Crippen MR) is 70.1 cm³/mol. The highest BCUT2D eigenvalue weighted by Gasteiger charge is 2.15. The van der Waals surface area contributed by atoms with Crippen molar-refractivity contribution in [1.82, 2.24) is 15.0 Å². The quantitative estimate of drug-likeness (QED) is 0.803. The van der Waals surface area contributed by atoms with E-state index in [1.54, 1.807) is 0 Å². The first-order valence-electron chi connectivity index (χ1n) is 6.25. The van der Waals surface area contributed by atoms with Gasteiger partial charge in [-0.2, -0.15) is 9.97 Å². The van der Waals surface area contributed by atoms with Gasteiger partial charge in [0.25, 0.3) is 0 Å². The van der Waals surface area contributed by atoms with Crippen LogP contribution in [-0.2, 0) is 0 Å². The molecule has 1 heterocycles. The third-order valence-electron chi connectivity index (χ3n) is 3.07. The number of aromatic nitrogens is 3. The van der Waals surface area contributed by atoms with E-state index in [9.17, 15) is 0 Å². The summed E-state index contributed by atoms with van der Waals surface area (Å²) in [5, 5.41) is 3.27. The molecular formula is C12H22N4O2. The van der Waals surface area contributed by atoms with Gasteiger partial charge in [-0.05, 0) is 12.8 Å². The molecule has 6 nitrogen and oxygen atoms in total. The molecule has 0 radical (unpaired) electrons. The fraction of sp³-hybridized carbons (Fsp3) is 0.750. The molecule has 0 saturated heterocycles. The van der Waals surface area contributed by atoms with Crippen molar-refractivity contribution in [2.45, 2.75) is 39.7 Å². The van der Waals surface area contributed by atoms with E-state index in [1.807, 2.05) is 0 Å². The van der Waals surface area contributed by atoms with E-state index in [-0.39, 0.29) is 18.1 Å². The van der Waals surface area contributed by atoms with Crippen molar-refractivity contribution in [3.63, 3.8) is 0 Å². The monoisotopic (exact) mass is 254 g/mol. The zero-order valence-electron chi connectivity index (χ0n) is 11.7. The Hall–Kier alpha value is -1.59. The molecule has 0 aliphatic carbocycles. The molecule has 1 rings (SSSR count). The number of ether oxygens (including phenoxy) is 2. The Morgan fingerprint density at radius 3 is 1.89 bits per heavy atom. The van der Waals surface area contributed by atoms with Crippen molar-refractivity contribution in [2.75, 3.05) is 19.5 Å². The Labute approximate surface area is 108 Å². The van der Waals surface area contributed by atoms with Crippen molar-refractivity contribution < 1.29 is 9.47 Å². The van der Waals surface area contributed by atoms with Crippen LogP contribution in [0.5, 0.6) is 12.0 Å². The van der Waals surface area contributed by atoms with Gasteiger partial charge in [0.05, 0.1) is 14.2 Å². The Morgan fingerprint density at radius 2 is 1.50 bits per heavy atom. The maximum Gasteiger partial charge on any atom is 0.324 e. The van der Waals surface area contributed by atoms with Gasteiger partial charge in [-0.1, -0.05) is 26.7 Å². The zero-order valence-corrected chi connectivity index (χ0v) is 11.7. The van der Waals surface area contributed by atoms with Gasteiger partial charge in [-0.3, -0.25) is 0 Å². The van der Waals surface area contributed by atoms with Crippen LogP contribution >= 0.6 is 0 Å². The summed E-state index contributed by atoms with van der Waals surface area (Å²) >= 11 is 0. The van der Waals surface area contributed by atoms with Crippen LogP contribution < -0.4 is 14.8 Å². The van der Waals surface area contributed by atoms with E-state index in [0.717, 1.165) is 12.8 Å². The van der Waals surface area contributed by atoms with E-state index in [2.05, 4.69) is 41.0 Å². The van der Waals surface area contributed by atoms with Crippen LogP contribution in [0.4, 0.5) is 5.95 Å². The second-order valence-corrected chi connectivity index (χ2v) is 4.14. The fourth-order valence-corrected chi connectivity index (χ4v) is 1.90. The Morgan fingerprint density at radius 1 is 1.00 bits per heavy atom. The van der Waals surface area contributed by atoms with Gasteiger partial charge in [0.1, 0.15) is 0 Å². The minimum Gasteiger partial charge on any atom is -0.467 e. The minimum absolute atomic E-state index is 0.251. The molecule has 6 heteroatoms. The molecule has 0 aromatic carbocycles. The third-order valence-corrected chi connectivity index (χ3v) is 3.07. The summed E-state index contributed by atoms with van der Waals surface area (Å²) in [6, 6.07) is 0.791. The van der Waals surface area contributed by atoms with Crippen molar-refractivity contribution in [2.24, 2.45) is 5.92 Å². The van der Waals surface area contributed by atoms with Crippen LogP contribution in [0.25, 0.3) is 0 Å². The van der Waals surface area contributed by atoms with E-state index in [0.29, 0.717) is 11.9 Å². The van der Waals surface area contributed by atoms with Crippen LogP contribution in [0.2, 0.25) is 0 Å². The summed E-state index contributed by atoms with van der Waals surface area (Å²) in [5.74, 6) is 1.07. The van der Waals surface area contributed by atoms with E-state index in [4.69, 9.17) is 9.47 Å². The Kier molecular flexibility index (Phi) is 5.61. The number of nitrogens with zero attached hydrogens (tertiary/aromatic N) is 3. The summed E-state index contributed by atoms with van der Waals surface area (Å²) in [7, 11) is 3.03. The van der Waals surface area contributed by atoms with Crippen molar-refractivity contribution in [3.8, 4) is 12.0 Å². The molecule has 0 amide bonds. The summed E-state index contributed by atoms with van der Waals surface area (Å²) in [6.45, 7) is 6.49. The maximum absolute atomic E-state index is 5.01. The summed E-state index contributed by atoms with van der Waals surface area (Å²) in [4.78, 5) is 12.3. The molecule has 1 N–H and O–H groups in total. The van der Waals surface area contributed by atoms with Gasteiger partial charge in [0.2, 0.25) is 5.95 Å². The lowest BCUT2D eigenvalue weighted by Gasteiger charge is -2.22. The van der Waals surface area contributed by atoms with Crippen molar-refractivity contribution in [1.29, 1.82) is 0 Å². The number of nitrogens with one attached hydrogen (secondary N) is 1. The first-order chi connectivity index (χ1) is 8.64. The largest absolute Gasteiger partial charge is 0.467 e. The smallest absolute Gasteiger partial charge is 0.324 e. The second-order valence-electron chi connectivity index (χ2n) is 4.14. The highest BCUT2D eigenvalue weighted by atomic mass is 16.5. The van der Waals surface area contributed by atoms with E-state index < -0.39 is 0 Å². The number of rotatable bonds is 7. The number of methoxy groups -OCH3 is 2. The zero-order chi connectivity index (χ0) is 13.5. The predicted octanol–water partition coefficient (Wildman–Crippen LogP) is 2.13. The number of hydrogen-bond donors (Lipinski definition) is 1. The topological polar surface area (TPSA) is 69.2 Å². The lowest BCUT2D eigenvalue weighted by Crippen LogP contribution is -2.26. The molecule has 0 saturated carbocycles. The van der Waals surface area contributed by atoms with Crippen LogP contribution in [0.1, 0.15) is 33.6 Å². The lowest BCUT2D eigenvalue weighted by atomic mass is 9.96. The standard InChI is InChI=1S/C12H22N4O2/c1-6-9(7-2)8(3)13-10-14-11(17-4)16-12(15-10)18-5/h8-9H,6-7H2,1-5H3,(H,13,14,15,16). The van der Waals surface area contributed by atoms with Crippen LogP contribution in [0.3, 0.4) is 0 Å². The molecule has 1 atom stereocenters. The molecule has 102 valence electrons. The van der Waals surface area contributed by atoms with Crippen molar-refractivity contribution >= 4 is 5.95 Å². The lowest BCUT2D eigenvalue weighted by molar-refractivity contribution is 0.340. The van der Waals surface area contributed by atoms with Gasteiger partial charge < -0.3 is 14.8 Å². The van der Waals surface area contributed by atoms with Crippen LogP contribution in [0, 0.1) is 5.92 Å². The van der Waals surface area contributed by atoms with Gasteiger partial charge in [-0.15, -0.1) is 4.98 Å². The highest BCUT2D eigenvalue weighted by molar-refractivity contribution is 5.29. The molecule has 0 spiro atoms. The molecule has 0 fully saturated rings.